The molecule has 2 heterocycles. The number of hydrogen-bond donors (Lipinski definition) is 1. The maximum atomic E-state index is 13.2. The Hall–Kier alpha value is -4.33. The lowest BCUT2D eigenvalue weighted by Crippen LogP contribution is -2.47. The number of carboxylic acid groups (broad SMARTS) is 1. The van der Waals surface area contributed by atoms with E-state index in [1.165, 1.54) is 16.2 Å². The molecule has 0 saturated heterocycles. The van der Waals surface area contributed by atoms with Crippen LogP contribution in [0, 0.1) is 5.92 Å². The molecule has 8 heteroatoms. The van der Waals surface area contributed by atoms with Gasteiger partial charge in [0.2, 0.25) is 5.91 Å². The van der Waals surface area contributed by atoms with Gasteiger partial charge in [-0.15, -0.1) is 5.11 Å². The Kier molecular flexibility index (Phi) is 8.76. The molecule has 8 nitrogen and oxygen atoms in total. The fourth-order valence-electron chi connectivity index (χ4n) is 6.16. The Labute approximate surface area is 254 Å². The molecule has 0 radical (unpaired) electrons. The molecule has 1 N–H and O–H groups in total. The summed E-state index contributed by atoms with van der Waals surface area (Å²) in [5.41, 5.74) is 7.42. The Morgan fingerprint density at radius 1 is 1.02 bits per heavy atom. The number of rotatable bonds is 11. The summed E-state index contributed by atoms with van der Waals surface area (Å²) in [6.07, 6.45) is 1.95. The second-order valence-electron chi connectivity index (χ2n) is 12.4. The number of carbonyl (C=O) groups is 2. The van der Waals surface area contributed by atoms with Crippen LogP contribution in [-0.4, -0.2) is 47.0 Å². The zero-order chi connectivity index (χ0) is 30.7. The van der Waals surface area contributed by atoms with Gasteiger partial charge in [0.1, 0.15) is 6.04 Å². The topological polar surface area (TPSA) is 97.9 Å². The van der Waals surface area contributed by atoms with E-state index in [2.05, 4.69) is 76.4 Å². The number of anilines is 2. The predicted molar refractivity (Wildman–Crippen MR) is 171 cm³/mol. The van der Waals surface area contributed by atoms with Crippen molar-refractivity contribution in [3.8, 4) is 11.1 Å². The molecule has 1 amide bonds. The number of amides is 1. The lowest BCUT2D eigenvalue weighted by atomic mass is 9.87. The average molecular weight is 580 g/mol. The molecule has 0 aliphatic carbocycles. The van der Waals surface area contributed by atoms with Crippen LogP contribution in [0.5, 0.6) is 0 Å². The standard InChI is InChI=1S/C35H41N5O3/c1-6-7-12-31(41)39(32(23(2)3)34(42)43)20-24-13-15-25(16-14-24)28-19-26(17-18-27(28)33-36-22-37-38-33)40-21-35(4,5)29-10-8-9-11-30(29)40/h8-11,13-19,23,32H,6-7,12,20-22H2,1-5H3,(H,42,43)/t32-/m0/s1. The first kappa shape index (κ1) is 30.1. The minimum absolute atomic E-state index is 0.0189. The van der Waals surface area contributed by atoms with Crippen LogP contribution in [0.1, 0.15) is 70.6 Å². The number of aliphatic imine (C=N–C) groups is 1. The van der Waals surface area contributed by atoms with Crippen molar-refractivity contribution in [2.24, 2.45) is 21.1 Å². The Morgan fingerprint density at radius 2 is 1.77 bits per heavy atom. The highest BCUT2D eigenvalue weighted by Gasteiger charge is 2.36. The van der Waals surface area contributed by atoms with Gasteiger partial charge < -0.3 is 14.9 Å². The number of benzene rings is 3. The summed E-state index contributed by atoms with van der Waals surface area (Å²) in [5, 5.41) is 18.3. The third-order valence-electron chi connectivity index (χ3n) is 8.38. The predicted octanol–water partition coefficient (Wildman–Crippen LogP) is 7.58. The largest absolute Gasteiger partial charge is 0.480 e. The number of azo groups is 1. The fourth-order valence-corrected chi connectivity index (χ4v) is 6.16. The van der Waals surface area contributed by atoms with Gasteiger partial charge in [-0.1, -0.05) is 83.5 Å². The van der Waals surface area contributed by atoms with Gasteiger partial charge in [-0.3, -0.25) is 4.79 Å². The molecule has 0 bridgehead atoms. The first-order valence-corrected chi connectivity index (χ1v) is 15.2. The summed E-state index contributed by atoms with van der Waals surface area (Å²) in [6.45, 7) is 11.7. The van der Waals surface area contributed by atoms with Crippen molar-refractivity contribution in [3.05, 3.63) is 83.4 Å². The van der Waals surface area contributed by atoms with Crippen LogP contribution in [-0.2, 0) is 21.5 Å². The van der Waals surface area contributed by atoms with Gasteiger partial charge in [-0.05, 0) is 58.9 Å². The molecule has 0 spiro atoms. The van der Waals surface area contributed by atoms with Crippen molar-refractivity contribution in [3.63, 3.8) is 0 Å². The van der Waals surface area contributed by atoms with Crippen LogP contribution < -0.4 is 4.90 Å². The quantitative estimate of drug-likeness (QED) is 0.253. The highest BCUT2D eigenvalue weighted by atomic mass is 16.4. The van der Waals surface area contributed by atoms with E-state index < -0.39 is 12.0 Å². The van der Waals surface area contributed by atoms with Gasteiger partial charge in [-0.25, -0.2) is 9.79 Å². The second-order valence-corrected chi connectivity index (χ2v) is 12.4. The Morgan fingerprint density at radius 3 is 2.42 bits per heavy atom. The third kappa shape index (κ3) is 6.24. The van der Waals surface area contributed by atoms with E-state index in [0.29, 0.717) is 18.9 Å². The summed E-state index contributed by atoms with van der Waals surface area (Å²) in [4.78, 5) is 33.7. The van der Waals surface area contributed by atoms with Crippen LogP contribution in [0.25, 0.3) is 11.1 Å². The van der Waals surface area contributed by atoms with Crippen molar-refractivity contribution in [1.82, 2.24) is 4.90 Å². The highest BCUT2D eigenvalue weighted by Crippen LogP contribution is 2.45. The van der Waals surface area contributed by atoms with E-state index in [9.17, 15) is 14.7 Å². The Balaban J connectivity index is 1.50. The van der Waals surface area contributed by atoms with Crippen molar-refractivity contribution in [1.29, 1.82) is 0 Å². The monoisotopic (exact) mass is 579 g/mol. The number of nitrogens with zero attached hydrogens (tertiary/aromatic N) is 5. The van der Waals surface area contributed by atoms with Crippen molar-refractivity contribution >= 4 is 29.1 Å². The van der Waals surface area contributed by atoms with Gasteiger partial charge in [0.15, 0.2) is 12.5 Å². The lowest BCUT2D eigenvalue weighted by molar-refractivity contribution is -0.153. The van der Waals surface area contributed by atoms with Gasteiger partial charge in [0, 0.05) is 41.9 Å². The molecule has 0 aromatic heterocycles. The van der Waals surface area contributed by atoms with Crippen LogP contribution in [0.2, 0.25) is 0 Å². The number of aliphatic carboxylic acids is 1. The molecule has 0 fully saturated rings. The van der Waals surface area contributed by atoms with Crippen molar-refractivity contribution in [2.75, 3.05) is 18.1 Å². The smallest absolute Gasteiger partial charge is 0.326 e. The number of carbonyl (C=O) groups excluding carboxylic acids is 1. The molecule has 0 unspecified atom stereocenters. The van der Waals surface area contributed by atoms with Gasteiger partial charge in [0.25, 0.3) is 0 Å². The molecule has 1 atom stereocenters. The van der Waals surface area contributed by atoms with Gasteiger partial charge in [0.05, 0.1) is 0 Å². The van der Waals surface area contributed by atoms with Crippen LogP contribution in [0.3, 0.4) is 0 Å². The minimum Gasteiger partial charge on any atom is -0.480 e. The fraction of sp³-hybridized carbons (Fsp3) is 0.400. The van der Waals surface area contributed by atoms with Crippen LogP contribution in [0.15, 0.2) is 82.0 Å². The summed E-state index contributed by atoms with van der Waals surface area (Å²) < 4.78 is 0. The van der Waals surface area contributed by atoms with E-state index in [-0.39, 0.29) is 23.8 Å². The summed E-state index contributed by atoms with van der Waals surface area (Å²) in [5.74, 6) is -0.701. The van der Waals surface area contributed by atoms with E-state index in [1.807, 2.05) is 45.0 Å². The van der Waals surface area contributed by atoms with Crippen LogP contribution in [0.4, 0.5) is 11.4 Å². The first-order chi connectivity index (χ1) is 20.6. The average Bonchev–Trinajstić information content (AvgIpc) is 3.62. The number of carboxylic acids is 1. The number of hydrogen-bond acceptors (Lipinski definition) is 6. The van der Waals surface area contributed by atoms with Crippen LogP contribution >= 0.6 is 0 Å². The molecular weight excluding hydrogens is 538 g/mol. The molecule has 3 aromatic rings. The number of para-hydroxylation sites is 1. The highest BCUT2D eigenvalue weighted by molar-refractivity contribution is 6.06. The Bertz CT molecular complexity index is 1560. The van der Waals surface area contributed by atoms with E-state index >= 15 is 0 Å². The normalized spacial score (nSPS) is 15.9. The third-order valence-corrected chi connectivity index (χ3v) is 8.38. The van der Waals surface area contributed by atoms with E-state index in [0.717, 1.165) is 47.3 Å². The van der Waals surface area contributed by atoms with E-state index in [1.54, 1.807) is 0 Å². The molecule has 5 rings (SSSR count). The zero-order valence-corrected chi connectivity index (χ0v) is 25.7. The molecule has 224 valence electrons. The van der Waals surface area contributed by atoms with Gasteiger partial charge >= 0.3 is 5.97 Å². The SMILES string of the molecule is CCCCC(=O)N(Cc1ccc(-c2cc(N3CC(C)(C)c4ccccc43)ccc2C2=NCN=N2)cc1)[C@H](C(=O)O)C(C)C. The number of fused-ring (bicyclic) bond motifs is 1. The van der Waals surface area contributed by atoms with Gasteiger partial charge in [-0.2, -0.15) is 5.11 Å². The summed E-state index contributed by atoms with van der Waals surface area (Å²) in [7, 11) is 0. The zero-order valence-electron chi connectivity index (χ0n) is 25.7. The molecule has 2 aliphatic heterocycles. The maximum Gasteiger partial charge on any atom is 0.326 e. The molecule has 0 saturated carbocycles. The molecular formula is C35H41N5O3. The maximum absolute atomic E-state index is 13.2. The second kappa shape index (κ2) is 12.5. The lowest BCUT2D eigenvalue weighted by Gasteiger charge is -2.32. The minimum atomic E-state index is -0.976. The summed E-state index contributed by atoms with van der Waals surface area (Å²) in [6, 6.07) is 22.1. The number of unbranched alkanes of at least 4 members (excludes halogenated alkanes) is 1. The summed E-state index contributed by atoms with van der Waals surface area (Å²) >= 11 is 0. The molecule has 43 heavy (non-hydrogen) atoms. The molecule has 2 aliphatic rings. The molecule has 3 aromatic carbocycles. The van der Waals surface area contributed by atoms with Crippen molar-refractivity contribution < 1.29 is 14.7 Å². The van der Waals surface area contributed by atoms with Crippen molar-refractivity contribution in [2.45, 2.75) is 71.9 Å². The van der Waals surface area contributed by atoms with E-state index in [4.69, 9.17) is 0 Å². The first-order valence-electron chi connectivity index (χ1n) is 15.2. The number of amidine groups is 1.